The van der Waals surface area contributed by atoms with E-state index in [1.165, 1.54) is 0 Å². The average Bonchev–Trinajstić information content (AvgIpc) is 2.80. The summed E-state index contributed by atoms with van der Waals surface area (Å²) in [6.07, 6.45) is -0.801. The van der Waals surface area contributed by atoms with Crippen LogP contribution in [0.25, 0.3) is 0 Å². The molecule has 0 aliphatic heterocycles. The Labute approximate surface area is 193 Å². The summed E-state index contributed by atoms with van der Waals surface area (Å²) in [5.74, 6) is -0.585. The number of hydrazine groups is 1. The van der Waals surface area contributed by atoms with Crippen molar-refractivity contribution in [3.8, 4) is 5.75 Å². The molecule has 170 valence electrons. The maximum Gasteiger partial charge on any atom is 0.279 e. The summed E-state index contributed by atoms with van der Waals surface area (Å²) >= 11 is 0. The number of ether oxygens (including phenoxy) is 1. The quantitative estimate of drug-likeness (QED) is 0.498. The minimum atomic E-state index is -0.801. The highest BCUT2D eigenvalue weighted by Crippen LogP contribution is 2.20. The van der Waals surface area contributed by atoms with E-state index in [0.29, 0.717) is 22.6 Å². The highest BCUT2D eigenvalue weighted by Gasteiger charge is 2.17. The van der Waals surface area contributed by atoms with Crippen molar-refractivity contribution in [2.75, 3.05) is 5.32 Å². The number of anilines is 1. The standard InChI is InChI=1S/C26H27N3O4/c1-16-6-5-7-21(14-16)25(31)27-22-12-10-20(11-13-22)26(32)29-28-24(30)19(4)33-23-15-17(2)8-9-18(23)3/h5-15,19H,1-4H3,(H,27,31)(H,28,30)(H,29,32). The summed E-state index contributed by atoms with van der Waals surface area (Å²) in [4.78, 5) is 37.0. The number of benzene rings is 3. The zero-order valence-corrected chi connectivity index (χ0v) is 19.1. The van der Waals surface area contributed by atoms with Crippen LogP contribution in [0, 0.1) is 20.8 Å². The lowest BCUT2D eigenvalue weighted by molar-refractivity contribution is -0.128. The summed E-state index contributed by atoms with van der Waals surface area (Å²) in [5.41, 5.74) is 9.12. The molecule has 3 aromatic carbocycles. The van der Waals surface area contributed by atoms with Crippen LogP contribution in [0.3, 0.4) is 0 Å². The molecule has 0 aliphatic rings. The predicted octanol–water partition coefficient (Wildman–Crippen LogP) is 4.09. The fraction of sp³-hybridized carbons (Fsp3) is 0.192. The first-order valence-electron chi connectivity index (χ1n) is 10.5. The van der Waals surface area contributed by atoms with E-state index in [1.807, 2.05) is 51.1 Å². The van der Waals surface area contributed by atoms with E-state index < -0.39 is 17.9 Å². The Hall–Kier alpha value is -4.13. The summed E-state index contributed by atoms with van der Waals surface area (Å²) in [5, 5.41) is 2.79. The molecule has 0 radical (unpaired) electrons. The summed E-state index contributed by atoms with van der Waals surface area (Å²) < 4.78 is 5.72. The van der Waals surface area contributed by atoms with Gasteiger partial charge in [0.25, 0.3) is 17.7 Å². The van der Waals surface area contributed by atoms with Crippen LogP contribution in [-0.4, -0.2) is 23.8 Å². The molecule has 1 unspecified atom stereocenters. The number of hydrogen-bond acceptors (Lipinski definition) is 4. The van der Waals surface area contributed by atoms with Gasteiger partial charge in [-0.2, -0.15) is 0 Å². The molecule has 0 saturated carbocycles. The second-order valence-corrected chi connectivity index (χ2v) is 7.87. The van der Waals surface area contributed by atoms with Gasteiger partial charge in [-0.1, -0.05) is 29.8 Å². The highest BCUT2D eigenvalue weighted by atomic mass is 16.5. The predicted molar refractivity (Wildman–Crippen MR) is 127 cm³/mol. The van der Waals surface area contributed by atoms with Gasteiger partial charge in [0.2, 0.25) is 0 Å². The molecule has 3 rings (SSSR count). The van der Waals surface area contributed by atoms with Crippen LogP contribution in [0.5, 0.6) is 5.75 Å². The summed E-state index contributed by atoms with van der Waals surface area (Å²) in [6.45, 7) is 7.36. The SMILES string of the molecule is Cc1cccc(C(=O)Nc2ccc(C(=O)NNC(=O)C(C)Oc3cc(C)ccc3C)cc2)c1. The molecule has 0 saturated heterocycles. The topological polar surface area (TPSA) is 96.5 Å². The third-order valence-electron chi connectivity index (χ3n) is 5.00. The average molecular weight is 446 g/mol. The lowest BCUT2D eigenvalue weighted by Crippen LogP contribution is -2.47. The molecule has 7 nitrogen and oxygen atoms in total. The second kappa shape index (κ2) is 10.5. The summed E-state index contributed by atoms with van der Waals surface area (Å²) in [6, 6.07) is 19.4. The Morgan fingerprint density at radius 1 is 0.758 bits per heavy atom. The van der Waals surface area contributed by atoms with Crippen LogP contribution in [0.1, 0.15) is 44.3 Å². The van der Waals surface area contributed by atoms with Crippen LogP contribution in [0.4, 0.5) is 5.69 Å². The molecular formula is C26H27N3O4. The zero-order chi connectivity index (χ0) is 24.0. The van der Waals surface area contributed by atoms with Crippen LogP contribution in [-0.2, 0) is 4.79 Å². The van der Waals surface area contributed by atoms with Gasteiger partial charge in [0, 0.05) is 16.8 Å². The molecule has 0 spiro atoms. The highest BCUT2D eigenvalue weighted by molar-refractivity contribution is 6.04. The molecule has 33 heavy (non-hydrogen) atoms. The Morgan fingerprint density at radius 2 is 1.45 bits per heavy atom. The zero-order valence-electron chi connectivity index (χ0n) is 19.1. The fourth-order valence-electron chi connectivity index (χ4n) is 3.06. The smallest absolute Gasteiger partial charge is 0.279 e. The van der Waals surface area contributed by atoms with Crippen LogP contribution in [0.2, 0.25) is 0 Å². The molecule has 3 aromatic rings. The van der Waals surface area contributed by atoms with E-state index in [-0.39, 0.29) is 5.91 Å². The van der Waals surface area contributed by atoms with Crippen molar-refractivity contribution in [1.82, 2.24) is 10.9 Å². The van der Waals surface area contributed by atoms with Crippen molar-refractivity contribution >= 4 is 23.4 Å². The van der Waals surface area contributed by atoms with Gasteiger partial charge >= 0.3 is 0 Å². The van der Waals surface area contributed by atoms with Gasteiger partial charge in [0.15, 0.2) is 6.10 Å². The van der Waals surface area contributed by atoms with Gasteiger partial charge in [-0.25, -0.2) is 0 Å². The van der Waals surface area contributed by atoms with E-state index in [2.05, 4.69) is 16.2 Å². The van der Waals surface area contributed by atoms with Crippen LogP contribution >= 0.6 is 0 Å². The maximum absolute atomic E-state index is 12.4. The first-order valence-corrected chi connectivity index (χ1v) is 10.5. The minimum absolute atomic E-state index is 0.235. The number of amides is 3. The number of carbonyl (C=O) groups excluding carboxylic acids is 3. The van der Waals surface area contributed by atoms with Gasteiger partial charge in [-0.05, 0) is 81.3 Å². The molecule has 0 bridgehead atoms. The maximum atomic E-state index is 12.4. The van der Waals surface area contributed by atoms with Crippen LogP contribution in [0.15, 0.2) is 66.7 Å². The number of rotatable bonds is 6. The summed E-state index contributed by atoms with van der Waals surface area (Å²) in [7, 11) is 0. The molecule has 0 aromatic heterocycles. The Bertz CT molecular complexity index is 1170. The van der Waals surface area contributed by atoms with Gasteiger partial charge in [-0.3, -0.25) is 25.2 Å². The van der Waals surface area contributed by atoms with Gasteiger partial charge in [-0.15, -0.1) is 0 Å². The molecular weight excluding hydrogens is 418 g/mol. The minimum Gasteiger partial charge on any atom is -0.481 e. The van der Waals surface area contributed by atoms with E-state index >= 15 is 0 Å². The van der Waals surface area contributed by atoms with Gasteiger partial charge in [0.1, 0.15) is 5.75 Å². The van der Waals surface area contributed by atoms with Crippen molar-refractivity contribution in [3.05, 3.63) is 94.5 Å². The molecule has 3 amide bonds. The van der Waals surface area contributed by atoms with Crippen molar-refractivity contribution in [3.63, 3.8) is 0 Å². The van der Waals surface area contributed by atoms with E-state index in [9.17, 15) is 14.4 Å². The van der Waals surface area contributed by atoms with Gasteiger partial charge < -0.3 is 10.1 Å². The third kappa shape index (κ3) is 6.43. The van der Waals surface area contributed by atoms with Crippen molar-refractivity contribution in [2.45, 2.75) is 33.8 Å². The largest absolute Gasteiger partial charge is 0.481 e. The number of nitrogens with one attached hydrogen (secondary N) is 3. The first-order chi connectivity index (χ1) is 15.7. The molecule has 7 heteroatoms. The Morgan fingerprint density at radius 3 is 2.15 bits per heavy atom. The lowest BCUT2D eigenvalue weighted by Gasteiger charge is -2.17. The molecule has 3 N–H and O–H groups in total. The van der Waals surface area contributed by atoms with Crippen molar-refractivity contribution < 1.29 is 19.1 Å². The monoisotopic (exact) mass is 445 g/mol. The first kappa shape index (κ1) is 23.5. The molecule has 0 fully saturated rings. The third-order valence-corrected chi connectivity index (χ3v) is 5.00. The molecule has 1 atom stereocenters. The fourth-order valence-corrected chi connectivity index (χ4v) is 3.06. The van der Waals surface area contributed by atoms with Crippen molar-refractivity contribution in [2.24, 2.45) is 0 Å². The number of aryl methyl sites for hydroxylation is 3. The molecule has 0 aliphatic carbocycles. The van der Waals surface area contributed by atoms with Crippen molar-refractivity contribution in [1.29, 1.82) is 0 Å². The number of carbonyl (C=O) groups is 3. The Balaban J connectivity index is 1.52. The lowest BCUT2D eigenvalue weighted by atomic mass is 10.1. The van der Waals surface area contributed by atoms with E-state index in [0.717, 1.165) is 16.7 Å². The number of hydrogen-bond donors (Lipinski definition) is 3. The normalized spacial score (nSPS) is 11.3. The molecule has 0 heterocycles. The van der Waals surface area contributed by atoms with E-state index in [4.69, 9.17) is 4.74 Å². The Kier molecular flexibility index (Phi) is 7.46. The van der Waals surface area contributed by atoms with E-state index in [1.54, 1.807) is 43.3 Å². The second-order valence-electron chi connectivity index (χ2n) is 7.87. The van der Waals surface area contributed by atoms with Gasteiger partial charge in [0.05, 0.1) is 0 Å². The van der Waals surface area contributed by atoms with Crippen LogP contribution < -0.4 is 20.9 Å².